The highest BCUT2D eigenvalue weighted by molar-refractivity contribution is 5.83. The molecule has 0 spiro atoms. The minimum Gasteiger partial charge on any atom is -0.460 e. The summed E-state index contributed by atoms with van der Waals surface area (Å²) in [6.45, 7) is 8.57. The summed E-state index contributed by atoms with van der Waals surface area (Å²) >= 11 is 0. The summed E-state index contributed by atoms with van der Waals surface area (Å²) in [7, 11) is 3.58. The maximum absolute atomic E-state index is 11.9. The summed E-state index contributed by atoms with van der Waals surface area (Å²) in [5, 5.41) is 2.98. The van der Waals surface area contributed by atoms with E-state index in [0.717, 1.165) is 6.54 Å². The number of likely N-dealkylation sites (N-methyl/N-ethyl adjacent to an activating group) is 2. The first-order valence-corrected chi connectivity index (χ1v) is 6.28. The summed E-state index contributed by atoms with van der Waals surface area (Å²) in [5.41, 5.74) is -0.502. The van der Waals surface area contributed by atoms with E-state index in [4.69, 9.17) is 4.74 Å². The molecule has 0 aromatic heterocycles. The number of nitrogens with one attached hydrogen (secondary N) is 1. The highest BCUT2D eigenvalue weighted by Gasteiger charge is 2.23. The second-order valence-corrected chi connectivity index (χ2v) is 5.55. The van der Waals surface area contributed by atoms with Gasteiger partial charge in [-0.2, -0.15) is 0 Å². The number of carbonyl (C=O) groups excluding carboxylic acids is 2. The van der Waals surface area contributed by atoms with E-state index in [0.29, 0.717) is 6.54 Å². The van der Waals surface area contributed by atoms with Crippen molar-refractivity contribution in [3.63, 3.8) is 0 Å². The van der Waals surface area contributed by atoms with Gasteiger partial charge in [-0.15, -0.1) is 0 Å². The average molecular weight is 258 g/mol. The van der Waals surface area contributed by atoms with Crippen LogP contribution in [0.25, 0.3) is 0 Å². The lowest BCUT2D eigenvalue weighted by Crippen LogP contribution is -2.37. The first-order chi connectivity index (χ1) is 8.17. The summed E-state index contributed by atoms with van der Waals surface area (Å²) in [6.07, 6.45) is 0.125. The van der Waals surface area contributed by atoms with Crippen molar-refractivity contribution in [3.05, 3.63) is 0 Å². The van der Waals surface area contributed by atoms with Crippen molar-refractivity contribution in [2.24, 2.45) is 5.92 Å². The largest absolute Gasteiger partial charge is 0.460 e. The third kappa shape index (κ3) is 7.27. The van der Waals surface area contributed by atoms with Crippen LogP contribution in [-0.2, 0) is 14.3 Å². The van der Waals surface area contributed by atoms with Gasteiger partial charge in [-0.3, -0.25) is 9.59 Å². The summed E-state index contributed by atoms with van der Waals surface area (Å²) < 4.78 is 5.20. The average Bonchev–Trinajstić information content (AvgIpc) is 2.21. The van der Waals surface area contributed by atoms with Crippen LogP contribution in [0.4, 0.5) is 0 Å². The van der Waals surface area contributed by atoms with Gasteiger partial charge < -0.3 is 15.0 Å². The van der Waals surface area contributed by atoms with Gasteiger partial charge in [0.1, 0.15) is 5.60 Å². The van der Waals surface area contributed by atoms with Gasteiger partial charge in [0.05, 0.1) is 6.42 Å². The monoisotopic (exact) mass is 258 g/mol. The van der Waals surface area contributed by atoms with Crippen LogP contribution in [0.15, 0.2) is 0 Å². The molecule has 18 heavy (non-hydrogen) atoms. The Morgan fingerprint density at radius 1 is 1.33 bits per heavy atom. The quantitative estimate of drug-likeness (QED) is 0.723. The Hall–Kier alpha value is -1.10. The van der Waals surface area contributed by atoms with Crippen LogP contribution in [0.2, 0.25) is 0 Å². The van der Waals surface area contributed by atoms with Crippen molar-refractivity contribution in [3.8, 4) is 0 Å². The smallest absolute Gasteiger partial charge is 0.307 e. The van der Waals surface area contributed by atoms with Crippen molar-refractivity contribution in [2.75, 3.05) is 27.2 Å². The zero-order chi connectivity index (χ0) is 14.3. The molecule has 0 aromatic rings. The number of amides is 1. The van der Waals surface area contributed by atoms with E-state index in [2.05, 4.69) is 5.32 Å². The standard InChI is InChI=1S/C13H26N2O3/c1-10(9-11(16)18-13(2,3)4)12(17)15(6)8-7-14-5/h10,14H,7-9H2,1-6H3. The minimum absolute atomic E-state index is 0.0314. The summed E-state index contributed by atoms with van der Waals surface area (Å²) in [4.78, 5) is 25.2. The van der Waals surface area contributed by atoms with Crippen molar-refractivity contribution in [1.82, 2.24) is 10.2 Å². The molecule has 0 aliphatic rings. The molecule has 0 heterocycles. The maximum Gasteiger partial charge on any atom is 0.307 e. The molecule has 106 valence electrons. The first kappa shape index (κ1) is 16.9. The molecule has 0 aliphatic carbocycles. The second-order valence-electron chi connectivity index (χ2n) is 5.55. The van der Waals surface area contributed by atoms with Crippen LogP contribution >= 0.6 is 0 Å². The fourth-order valence-corrected chi connectivity index (χ4v) is 1.49. The topological polar surface area (TPSA) is 58.6 Å². The fraction of sp³-hybridized carbons (Fsp3) is 0.846. The van der Waals surface area contributed by atoms with Gasteiger partial charge in [0, 0.05) is 26.1 Å². The molecule has 1 amide bonds. The summed E-state index contributed by atoms with van der Waals surface area (Å²) in [5.74, 6) is -0.705. The molecule has 0 fully saturated rings. The second kappa shape index (κ2) is 7.36. The lowest BCUT2D eigenvalue weighted by molar-refractivity contribution is -0.158. The SMILES string of the molecule is CNCCN(C)C(=O)C(C)CC(=O)OC(C)(C)C. The molecule has 5 heteroatoms. The van der Waals surface area contributed by atoms with Crippen LogP contribution in [-0.4, -0.2) is 49.6 Å². The third-order valence-corrected chi connectivity index (χ3v) is 2.39. The molecule has 1 unspecified atom stereocenters. The van der Waals surface area contributed by atoms with Crippen LogP contribution in [0.1, 0.15) is 34.1 Å². The van der Waals surface area contributed by atoms with Gasteiger partial charge in [0.15, 0.2) is 0 Å². The molecule has 0 radical (unpaired) electrons. The van der Waals surface area contributed by atoms with Crippen LogP contribution < -0.4 is 5.32 Å². The number of rotatable bonds is 6. The molecule has 1 atom stereocenters. The first-order valence-electron chi connectivity index (χ1n) is 6.28. The van der Waals surface area contributed by atoms with Crippen molar-refractivity contribution >= 4 is 11.9 Å². The highest BCUT2D eigenvalue weighted by atomic mass is 16.6. The number of hydrogen-bond donors (Lipinski definition) is 1. The van der Waals surface area contributed by atoms with E-state index < -0.39 is 5.60 Å². The highest BCUT2D eigenvalue weighted by Crippen LogP contribution is 2.13. The van der Waals surface area contributed by atoms with Gasteiger partial charge in [0.25, 0.3) is 0 Å². The van der Waals surface area contributed by atoms with E-state index in [1.807, 2.05) is 27.8 Å². The maximum atomic E-state index is 11.9. The molecule has 0 aromatic carbocycles. The molecular weight excluding hydrogens is 232 g/mol. The Balaban J connectivity index is 4.19. The number of esters is 1. The van der Waals surface area contributed by atoms with Gasteiger partial charge in [-0.25, -0.2) is 0 Å². The predicted molar refractivity (Wildman–Crippen MR) is 71.2 cm³/mol. The normalized spacial score (nSPS) is 13.0. The fourth-order valence-electron chi connectivity index (χ4n) is 1.49. The molecular formula is C13H26N2O3. The van der Waals surface area contributed by atoms with E-state index in [1.165, 1.54) is 0 Å². The Bertz CT molecular complexity index is 284. The zero-order valence-corrected chi connectivity index (χ0v) is 12.4. The number of ether oxygens (including phenoxy) is 1. The van der Waals surface area contributed by atoms with Gasteiger partial charge in [0.2, 0.25) is 5.91 Å². The van der Waals surface area contributed by atoms with E-state index in [1.54, 1.807) is 18.9 Å². The van der Waals surface area contributed by atoms with Gasteiger partial charge >= 0.3 is 5.97 Å². The summed E-state index contributed by atoms with van der Waals surface area (Å²) in [6, 6.07) is 0. The molecule has 0 bridgehead atoms. The molecule has 0 rings (SSSR count). The Kier molecular flexibility index (Phi) is 6.91. The Morgan fingerprint density at radius 3 is 2.33 bits per heavy atom. The van der Waals surface area contributed by atoms with E-state index >= 15 is 0 Å². The molecule has 0 aliphatic heterocycles. The third-order valence-electron chi connectivity index (χ3n) is 2.39. The number of carbonyl (C=O) groups is 2. The van der Waals surface area contributed by atoms with Crippen LogP contribution in [0, 0.1) is 5.92 Å². The molecule has 0 saturated heterocycles. The van der Waals surface area contributed by atoms with Crippen molar-refractivity contribution < 1.29 is 14.3 Å². The van der Waals surface area contributed by atoms with Crippen molar-refractivity contribution in [2.45, 2.75) is 39.7 Å². The van der Waals surface area contributed by atoms with Crippen LogP contribution in [0.5, 0.6) is 0 Å². The van der Waals surface area contributed by atoms with Crippen LogP contribution in [0.3, 0.4) is 0 Å². The minimum atomic E-state index is -0.502. The Morgan fingerprint density at radius 2 is 1.89 bits per heavy atom. The van der Waals surface area contributed by atoms with Crippen molar-refractivity contribution in [1.29, 1.82) is 0 Å². The molecule has 1 N–H and O–H groups in total. The van der Waals surface area contributed by atoms with Gasteiger partial charge in [-0.05, 0) is 27.8 Å². The lowest BCUT2D eigenvalue weighted by Gasteiger charge is -2.23. The Labute approximate surface area is 110 Å². The number of hydrogen-bond acceptors (Lipinski definition) is 4. The van der Waals surface area contributed by atoms with E-state index in [-0.39, 0.29) is 24.2 Å². The predicted octanol–water partition coefficient (Wildman–Crippen LogP) is 1.03. The number of nitrogens with zero attached hydrogens (tertiary/aromatic N) is 1. The molecule has 5 nitrogen and oxygen atoms in total. The lowest BCUT2D eigenvalue weighted by atomic mass is 10.1. The molecule has 0 saturated carbocycles. The van der Waals surface area contributed by atoms with E-state index in [9.17, 15) is 9.59 Å². The zero-order valence-electron chi connectivity index (χ0n) is 12.4. The van der Waals surface area contributed by atoms with Gasteiger partial charge in [-0.1, -0.05) is 6.92 Å².